The number of rotatable bonds is 3. The summed E-state index contributed by atoms with van der Waals surface area (Å²) in [6.45, 7) is -0.143. The summed E-state index contributed by atoms with van der Waals surface area (Å²) in [5, 5.41) is 15.9. The molecule has 102 valence electrons. The zero-order valence-corrected chi connectivity index (χ0v) is 11.3. The fraction of sp³-hybridized carbons (Fsp3) is 0.143. The van der Waals surface area contributed by atoms with E-state index in [0.717, 1.165) is 0 Å². The number of benzene rings is 1. The number of carbonyl (C=O) groups is 1. The van der Waals surface area contributed by atoms with Crippen LogP contribution in [0.1, 0.15) is 5.56 Å². The lowest BCUT2D eigenvalue weighted by Gasteiger charge is -2.08. The third kappa shape index (κ3) is 3.85. The molecule has 0 unspecified atom stereocenters. The van der Waals surface area contributed by atoms with Crippen LogP contribution in [-0.2, 0) is 11.3 Å². The molecule has 0 aliphatic heterocycles. The van der Waals surface area contributed by atoms with E-state index in [0.29, 0.717) is 16.3 Å². The first-order valence-electron chi connectivity index (χ1n) is 5.85. The van der Waals surface area contributed by atoms with Gasteiger partial charge in [0.1, 0.15) is 13.2 Å². The molecule has 2 N–H and O–H groups in total. The van der Waals surface area contributed by atoms with Crippen LogP contribution >= 0.6 is 11.6 Å². The van der Waals surface area contributed by atoms with Gasteiger partial charge in [0.25, 0.3) is 0 Å². The molecule has 0 radical (unpaired) electrons. The van der Waals surface area contributed by atoms with Crippen molar-refractivity contribution < 1.29 is 9.90 Å². The molecule has 1 heterocycles. The number of nitrogens with zero attached hydrogens (tertiary/aromatic N) is 2. The van der Waals surface area contributed by atoms with Crippen LogP contribution in [0, 0.1) is 11.8 Å². The Labute approximate surface area is 121 Å². The van der Waals surface area contributed by atoms with Crippen molar-refractivity contribution in [2.75, 3.05) is 11.9 Å². The zero-order valence-electron chi connectivity index (χ0n) is 10.5. The van der Waals surface area contributed by atoms with Crippen LogP contribution in [0.3, 0.4) is 0 Å². The fourth-order valence-corrected chi connectivity index (χ4v) is 1.77. The molecular weight excluding hydrogens is 278 g/mol. The molecule has 0 fully saturated rings. The maximum atomic E-state index is 11.9. The second-order valence-corrected chi connectivity index (χ2v) is 4.34. The Morgan fingerprint density at radius 3 is 3.05 bits per heavy atom. The van der Waals surface area contributed by atoms with Crippen molar-refractivity contribution in [2.24, 2.45) is 0 Å². The van der Waals surface area contributed by atoms with Gasteiger partial charge in [0.05, 0.1) is 5.69 Å². The molecule has 0 atom stereocenters. The molecule has 1 aromatic carbocycles. The van der Waals surface area contributed by atoms with Crippen molar-refractivity contribution in [3.63, 3.8) is 0 Å². The molecule has 2 rings (SSSR count). The predicted molar refractivity (Wildman–Crippen MR) is 76.3 cm³/mol. The minimum atomic E-state index is -0.247. The minimum absolute atomic E-state index is 0.104. The third-order valence-corrected chi connectivity index (χ3v) is 2.66. The fourth-order valence-electron chi connectivity index (χ4n) is 1.59. The maximum Gasteiger partial charge on any atom is 0.246 e. The van der Waals surface area contributed by atoms with Gasteiger partial charge in [-0.1, -0.05) is 23.4 Å². The van der Waals surface area contributed by atoms with Crippen molar-refractivity contribution in [2.45, 2.75) is 6.54 Å². The Bertz CT molecular complexity index is 657. The van der Waals surface area contributed by atoms with Crippen LogP contribution in [0.2, 0.25) is 5.02 Å². The van der Waals surface area contributed by atoms with E-state index in [-0.39, 0.29) is 19.1 Å². The number of aromatic nitrogens is 2. The lowest BCUT2D eigenvalue weighted by atomic mass is 10.2. The second kappa shape index (κ2) is 6.75. The van der Waals surface area contributed by atoms with E-state index < -0.39 is 0 Å². The Balaban J connectivity index is 2.15. The topological polar surface area (TPSA) is 67.2 Å². The number of nitrogens with one attached hydrogen (secondary N) is 1. The first-order chi connectivity index (χ1) is 9.69. The van der Waals surface area contributed by atoms with Gasteiger partial charge >= 0.3 is 0 Å². The van der Waals surface area contributed by atoms with Crippen molar-refractivity contribution >= 4 is 23.2 Å². The van der Waals surface area contributed by atoms with E-state index in [2.05, 4.69) is 22.3 Å². The summed E-state index contributed by atoms with van der Waals surface area (Å²) in [4.78, 5) is 11.9. The molecule has 2 aromatic rings. The summed E-state index contributed by atoms with van der Waals surface area (Å²) in [7, 11) is 0. The zero-order chi connectivity index (χ0) is 14.4. The molecule has 0 aliphatic carbocycles. The monoisotopic (exact) mass is 289 g/mol. The lowest BCUT2D eigenvalue weighted by molar-refractivity contribution is -0.116. The molecule has 20 heavy (non-hydrogen) atoms. The normalized spacial score (nSPS) is 9.70. The highest BCUT2D eigenvalue weighted by Crippen LogP contribution is 2.20. The minimum Gasteiger partial charge on any atom is -0.384 e. The van der Waals surface area contributed by atoms with Gasteiger partial charge in [0, 0.05) is 23.0 Å². The second-order valence-electron chi connectivity index (χ2n) is 3.90. The Hall–Kier alpha value is -2.29. The summed E-state index contributed by atoms with van der Waals surface area (Å²) in [6.07, 6.45) is 3.30. The SMILES string of the molecule is O=C(Cn1cccn1)Nc1cc(Cl)ccc1C#CCO. The maximum absolute atomic E-state index is 11.9. The molecule has 1 aromatic heterocycles. The number of aliphatic hydroxyl groups is 1. The lowest BCUT2D eigenvalue weighted by Crippen LogP contribution is -2.19. The number of amides is 1. The summed E-state index contributed by atoms with van der Waals surface area (Å²) < 4.78 is 1.51. The highest BCUT2D eigenvalue weighted by Gasteiger charge is 2.07. The number of anilines is 1. The van der Waals surface area contributed by atoms with E-state index in [1.165, 1.54) is 4.68 Å². The Morgan fingerprint density at radius 2 is 2.35 bits per heavy atom. The van der Waals surface area contributed by atoms with Crippen molar-refractivity contribution in [3.8, 4) is 11.8 Å². The molecule has 0 aliphatic rings. The summed E-state index contributed by atoms with van der Waals surface area (Å²) in [6, 6.07) is 6.72. The molecule has 0 bridgehead atoms. The van der Waals surface area contributed by atoms with Gasteiger partial charge in [0.2, 0.25) is 5.91 Å². The highest BCUT2D eigenvalue weighted by molar-refractivity contribution is 6.31. The van der Waals surface area contributed by atoms with Crippen molar-refractivity contribution in [1.29, 1.82) is 0 Å². The van der Waals surface area contributed by atoms with Crippen LogP contribution in [0.25, 0.3) is 0 Å². The van der Waals surface area contributed by atoms with Crippen LogP contribution in [0.5, 0.6) is 0 Å². The predicted octanol–water partition coefficient (Wildman–Crippen LogP) is 1.52. The number of hydrogen-bond donors (Lipinski definition) is 2. The molecule has 0 saturated heterocycles. The van der Waals surface area contributed by atoms with E-state index in [9.17, 15) is 4.79 Å². The first-order valence-corrected chi connectivity index (χ1v) is 6.23. The van der Waals surface area contributed by atoms with Gasteiger partial charge in [-0.15, -0.1) is 0 Å². The number of halogens is 1. The highest BCUT2D eigenvalue weighted by atomic mass is 35.5. The molecule has 0 spiro atoms. The smallest absolute Gasteiger partial charge is 0.246 e. The van der Waals surface area contributed by atoms with Crippen molar-refractivity contribution in [3.05, 3.63) is 47.2 Å². The molecule has 6 heteroatoms. The Morgan fingerprint density at radius 1 is 1.50 bits per heavy atom. The Kier molecular flexibility index (Phi) is 4.77. The molecule has 0 saturated carbocycles. The number of carbonyl (C=O) groups excluding carboxylic acids is 1. The van der Waals surface area contributed by atoms with Crippen LogP contribution in [0.15, 0.2) is 36.7 Å². The molecular formula is C14H12ClN3O2. The summed E-state index contributed by atoms with van der Waals surface area (Å²) in [5.41, 5.74) is 1.10. The van der Waals surface area contributed by atoms with Gasteiger partial charge in [0.15, 0.2) is 0 Å². The van der Waals surface area contributed by atoms with Crippen LogP contribution in [-0.4, -0.2) is 27.4 Å². The van der Waals surface area contributed by atoms with Gasteiger partial charge in [-0.25, -0.2) is 0 Å². The molecule has 1 amide bonds. The summed E-state index contributed by atoms with van der Waals surface area (Å²) in [5.74, 6) is 5.06. The number of hydrogen-bond acceptors (Lipinski definition) is 3. The third-order valence-electron chi connectivity index (χ3n) is 2.42. The average Bonchev–Trinajstić information content (AvgIpc) is 2.90. The average molecular weight is 290 g/mol. The van der Waals surface area contributed by atoms with Gasteiger partial charge < -0.3 is 10.4 Å². The van der Waals surface area contributed by atoms with E-state index in [1.807, 2.05) is 0 Å². The van der Waals surface area contributed by atoms with Crippen molar-refractivity contribution in [1.82, 2.24) is 9.78 Å². The van der Waals surface area contributed by atoms with E-state index in [4.69, 9.17) is 16.7 Å². The van der Waals surface area contributed by atoms with Gasteiger partial charge in [-0.05, 0) is 24.3 Å². The largest absolute Gasteiger partial charge is 0.384 e. The van der Waals surface area contributed by atoms with E-state index >= 15 is 0 Å². The van der Waals surface area contributed by atoms with E-state index in [1.54, 1.807) is 36.7 Å². The quantitative estimate of drug-likeness (QED) is 0.842. The first kappa shape index (κ1) is 14.1. The van der Waals surface area contributed by atoms with Gasteiger partial charge in [-0.3, -0.25) is 9.48 Å². The number of aliphatic hydroxyl groups excluding tert-OH is 1. The standard InChI is InChI=1S/C14H12ClN3O2/c15-12-5-4-11(3-1-8-19)13(9-12)17-14(20)10-18-7-2-6-16-18/h2,4-7,9,19H,8,10H2,(H,17,20). The van der Waals surface area contributed by atoms with Gasteiger partial charge in [-0.2, -0.15) is 5.10 Å². The van der Waals surface area contributed by atoms with Crippen LogP contribution in [0.4, 0.5) is 5.69 Å². The molecule has 5 nitrogen and oxygen atoms in total. The van der Waals surface area contributed by atoms with Crippen LogP contribution < -0.4 is 5.32 Å². The summed E-state index contributed by atoms with van der Waals surface area (Å²) >= 11 is 5.91.